The van der Waals surface area contributed by atoms with Crippen LogP contribution in [0.3, 0.4) is 0 Å². The van der Waals surface area contributed by atoms with Crippen LogP contribution in [-0.2, 0) is 22.4 Å². The summed E-state index contributed by atoms with van der Waals surface area (Å²) in [4.78, 5) is 50.6. The molecule has 178 valence electrons. The minimum atomic E-state index is -1.29. The fraction of sp³-hybridized carbons (Fsp3) is 0.179. The Labute approximate surface area is 206 Å². The van der Waals surface area contributed by atoms with Crippen LogP contribution < -0.4 is 10.5 Å². The van der Waals surface area contributed by atoms with Crippen molar-refractivity contribution in [2.24, 2.45) is 4.99 Å². The van der Waals surface area contributed by atoms with Gasteiger partial charge in [0.25, 0.3) is 11.5 Å². The molecule has 0 bridgehead atoms. The maximum atomic E-state index is 14.0. The number of aliphatic imine (C=N–C) groups is 1. The molecule has 1 amide bonds. The van der Waals surface area contributed by atoms with Gasteiger partial charge in [0.1, 0.15) is 12.2 Å². The van der Waals surface area contributed by atoms with Crippen molar-refractivity contribution in [2.75, 3.05) is 11.4 Å². The van der Waals surface area contributed by atoms with Gasteiger partial charge in [-0.3, -0.25) is 19.0 Å². The molecule has 0 fully saturated rings. The fourth-order valence-electron chi connectivity index (χ4n) is 5.19. The third-order valence-electron chi connectivity index (χ3n) is 6.68. The highest BCUT2D eigenvalue weighted by atomic mass is 16.4. The van der Waals surface area contributed by atoms with E-state index in [-0.39, 0.29) is 11.7 Å². The molecule has 4 aromatic rings. The van der Waals surface area contributed by atoms with Crippen LogP contribution in [0.2, 0.25) is 0 Å². The van der Waals surface area contributed by atoms with Crippen LogP contribution in [0, 0.1) is 6.92 Å². The quantitative estimate of drug-likeness (QED) is 0.485. The Morgan fingerprint density at radius 3 is 2.58 bits per heavy atom. The Morgan fingerprint density at radius 2 is 1.81 bits per heavy atom. The number of aliphatic carboxylic acids is 1. The van der Waals surface area contributed by atoms with Gasteiger partial charge in [-0.15, -0.1) is 0 Å². The molecule has 1 atom stereocenters. The van der Waals surface area contributed by atoms with Crippen molar-refractivity contribution < 1.29 is 14.7 Å². The van der Waals surface area contributed by atoms with Gasteiger partial charge in [0, 0.05) is 17.7 Å². The molecule has 3 aromatic carbocycles. The molecule has 0 spiro atoms. The third kappa shape index (κ3) is 3.41. The molecule has 0 saturated carbocycles. The van der Waals surface area contributed by atoms with Gasteiger partial charge >= 0.3 is 5.97 Å². The van der Waals surface area contributed by atoms with Gasteiger partial charge in [0.2, 0.25) is 6.17 Å². The van der Waals surface area contributed by atoms with Crippen LogP contribution >= 0.6 is 0 Å². The predicted octanol–water partition coefficient (Wildman–Crippen LogP) is 3.27. The average Bonchev–Trinajstić information content (AvgIpc) is 3.24. The number of carboxylic acid groups (broad SMARTS) is 1. The third-order valence-corrected chi connectivity index (χ3v) is 6.68. The number of benzene rings is 3. The van der Waals surface area contributed by atoms with E-state index in [0.717, 1.165) is 27.9 Å². The predicted molar refractivity (Wildman–Crippen MR) is 136 cm³/mol. The molecule has 2 aliphatic heterocycles. The van der Waals surface area contributed by atoms with Crippen molar-refractivity contribution in [2.45, 2.75) is 25.9 Å². The lowest BCUT2D eigenvalue weighted by molar-refractivity contribution is -0.136. The first-order chi connectivity index (χ1) is 17.4. The Balaban J connectivity index is 1.68. The molecule has 1 unspecified atom stereocenters. The molecule has 1 N–H and O–H groups in total. The Bertz CT molecular complexity index is 1660. The van der Waals surface area contributed by atoms with Crippen LogP contribution in [0.1, 0.15) is 34.2 Å². The second-order valence-corrected chi connectivity index (χ2v) is 9.07. The first-order valence-corrected chi connectivity index (χ1v) is 11.7. The molecular formula is C28H22N4O4. The average molecular weight is 479 g/mol. The summed E-state index contributed by atoms with van der Waals surface area (Å²) in [7, 11) is 0. The van der Waals surface area contributed by atoms with Crippen molar-refractivity contribution in [1.82, 2.24) is 9.55 Å². The van der Waals surface area contributed by atoms with Crippen LogP contribution in [0.4, 0.5) is 5.69 Å². The Hall–Kier alpha value is -4.59. The second-order valence-electron chi connectivity index (χ2n) is 9.07. The zero-order chi connectivity index (χ0) is 25.0. The molecule has 8 heteroatoms. The topological polar surface area (TPSA) is 105 Å². The number of carbonyl (C=O) groups is 2. The second kappa shape index (κ2) is 8.27. The van der Waals surface area contributed by atoms with E-state index in [2.05, 4.69) is 11.1 Å². The van der Waals surface area contributed by atoms with Gasteiger partial charge in [0.05, 0.1) is 22.3 Å². The Morgan fingerprint density at radius 1 is 1.06 bits per heavy atom. The molecule has 1 aromatic heterocycles. The van der Waals surface area contributed by atoms with Gasteiger partial charge in [-0.05, 0) is 37.1 Å². The van der Waals surface area contributed by atoms with Crippen LogP contribution in [0.25, 0.3) is 10.9 Å². The number of para-hydroxylation sites is 1. The molecule has 0 aliphatic carbocycles. The number of aromatic nitrogens is 2. The summed E-state index contributed by atoms with van der Waals surface area (Å²) < 4.78 is 1.17. The zero-order valence-corrected chi connectivity index (χ0v) is 19.5. The number of nitrogens with zero attached hydrogens (tertiary/aromatic N) is 4. The number of hydrogen-bond acceptors (Lipinski definition) is 5. The minimum Gasteiger partial charge on any atom is -0.481 e. The summed E-state index contributed by atoms with van der Waals surface area (Å²) >= 11 is 0. The lowest BCUT2D eigenvalue weighted by Gasteiger charge is -2.23. The minimum absolute atomic E-state index is 0.0118. The number of aryl methyl sites for hydroxylation is 1. The summed E-state index contributed by atoms with van der Waals surface area (Å²) in [6.07, 6.45) is -1.12. The van der Waals surface area contributed by atoms with Gasteiger partial charge < -0.3 is 10.0 Å². The summed E-state index contributed by atoms with van der Waals surface area (Å²) in [6.45, 7) is 2.47. The van der Waals surface area contributed by atoms with Crippen LogP contribution in [-0.4, -0.2) is 38.8 Å². The summed E-state index contributed by atoms with van der Waals surface area (Å²) in [5.41, 5.74) is 5.01. The van der Waals surface area contributed by atoms with E-state index in [1.165, 1.54) is 4.57 Å². The van der Waals surface area contributed by atoms with Crippen molar-refractivity contribution in [1.29, 1.82) is 0 Å². The monoisotopic (exact) mass is 478 g/mol. The standard InChI is InChI=1S/C28H22N4O4/c1-16-13-18-11-12-31-25(18)20(14-16)24(17-7-3-2-4-8-17)30-26(28(31)36)32-22(15-23(33)34)29-21-10-6-5-9-19(21)27(32)35/h2-10,13-14,26H,11-12,15H2,1H3,(H,33,34). The van der Waals surface area contributed by atoms with Crippen molar-refractivity contribution in [3.8, 4) is 0 Å². The highest BCUT2D eigenvalue weighted by molar-refractivity contribution is 6.20. The number of fused-ring (bicyclic) bond motifs is 1. The smallest absolute Gasteiger partial charge is 0.311 e. The largest absolute Gasteiger partial charge is 0.481 e. The van der Waals surface area contributed by atoms with Crippen LogP contribution in [0.5, 0.6) is 0 Å². The maximum Gasteiger partial charge on any atom is 0.311 e. The normalized spacial score (nSPS) is 16.6. The van der Waals surface area contributed by atoms with E-state index >= 15 is 0 Å². The fourth-order valence-corrected chi connectivity index (χ4v) is 5.19. The van der Waals surface area contributed by atoms with E-state index < -0.39 is 24.1 Å². The molecular weight excluding hydrogens is 456 g/mol. The summed E-state index contributed by atoms with van der Waals surface area (Å²) in [5.74, 6) is -1.54. The molecule has 6 rings (SSSR count). The number of amides is 1. The SMILES string of the molecule is Cc1cc2c3c(c1)C(c1ccccc1)=NC(n1c(CC(=O)O)nc4ccccc4c1=O)C(=O)N3CC2. The molecule has 0 radical (unpaired) electrons. The highest BCUT2D eigenvalue weighted by Gasteiger charge is 2.39. The number of rotatable bonds is 4. The summed E-state index contributed by atoms with van der Waals surface area (Å²) in [6, 6.07) is 20.3. The van der Waals surface area contributed by atoms with Crippen molar-refractivity contribution >= 4 is 34.2 Å². The van der Waals surface area contributed by atoms with E-state index in [0.29, 0.717) is 29.6 Å². The molecule has 36 heavy (non-hydrogen) atoms. The number of carbonyl (C=O) groups excluding carboxylic acids is 1. The molecule has 3 heterocycles. The van der Waals surface area contributed by atoms with Gasteiger partial charge in [0.15, 0.2) is 0 Å². The van der Waals surface area contributed by atoms with E-state index in [4.69, 9.17) is 4.99 Å². The van der Waals surface area contributed by atoms with Crippen LogP contribution in [0.15, 0.2) is 76.5 Å². The van der Waals surface area contributed by atoms with Gasteiger partial charge in [-0.2, -0.15) is 0 Å². The first kappa shape index (κ1) is 21.9. The molecule has 0 saturated heterocycles. The Kier molecular flexibility index (Phi) is 5.03. The van der Waals surface area contributed by atoms with Gasteiger partial charge in [-0.1, -0.05) is 54.1 Å². The van der Waals surface area contributed by atoms with Crippen molar-refractivity contribution in [3.63, 3.8) is 0 Å². The van der Waals surface area contributed by atoms with E-state index in [9.17, 15) is 19.5 Å². The first-order valence-electron chi connectivity index (χ1n) is 11.7. The molecule has 8 nitrogen and oxygen atoms in total. The zero-order valence-electron chi connectivity index (χ0n) is 19.5. The summed E-state index contributed by atoms with van der Waals surface area (Å²) in [5, 5.41) is 9.90. The van der Waals surface area contributed by atoms with Crippen molar-refractivity contribution in [3.05, 3.63) is 105 Å². The van der Waals surface area contributed by atoms with E-state index in [1.54, 1.807) is 29.2 Å². The number of carboxylic acids is 1. The maximum absolute atomic E-state index is 14.0. The van der Waals surface area contributed by atoms with E-state index in [1.807, 2.05) is 43.3 Å². The number of anilines is 1. The lowest BCUT2D eigenvalue weighted by Crippen LogP contribution is -2.40. The lowest BCUT2D eigenvalue weighted by atomic mass is 9.96. The number of hydrogen-bond donors (Lipinski definition) is 1. The molecule has 2 aliphatic rings. The highest BCUT2D eigenvalue weighted by Crippen LogP contribution is 2.39. The van der Waals surface area contributed by atoms with Gasteiger partial charge in [-0.25, -0.2) is 9.98 Å².